The van der Waals surface area contributed by atoms with Crippen LogP contribution >= 0.6 is 15.9 Å². The van der Waals surface area contributed by atoms with Crippen LogP contribution in [-0.2, 0) is 4.74 Å². The van der Waals surface area contributed by atoms with Crippen LogP contribution in [0.25, 0.3) is 0 Å². The molecule has 0 saturated carbocycles. The molecule has 5 nitrogen and oxygen atoms in total. The lowest BCUT2D eigenvalue weighted by Gasteiger charge is -2.42. The van der Waals surface area contributed by atoms with Crippen molar-refractivity contribution in [2.24, 2.45) is 0 Å². The SMILES string of the molecule is CC1(C)CN(C(=O)c2cc(Br)ccc2O)CC(CO)O1. The van der Waals surface area contributed by atoms with Gasteiger partial charge < -0.3 is 19.8 Å². The van der Waals surface area contributed by atoms with Gasteiger partial charge in [0.25, 0.3) is 5.91 Å². The van der Waals surface area contributed by atoms with Gasteiger partial charge in [-0.25, -0.2) is 0 Å². The number of morpholine rings is 1. The highest BCUT2D eigenvalue weighted by Gasteiger charge is 2.36. The zero-order valence-electron chi connectivity index (χ0n) is 11.5. The fourth-order valence-electron chi connectivity index (χ4n) is 2.40. The average Bonchev–Trinajstić information content (AvgIpc) is 2.38. The third kappa shape index (κ3) is 3.31. The third-order valence-corrected chi connectivity index (χ3v) is 3.65. The first-order chi connectivity index (χ1) is 9.32. The van der Waals surface area contributed by atoms with E-state index in [0.29, 0.717) is 13.1 Å². The number of carbonyl (C=O) groups excluding carboxylic acids is 1. The van der Waals surface area contributed by atoms with Gasteiger partial charge in [-0.15, -0.1) is 0 Å². The fraction of sp³-hybridized carbons (Fsp3) is 0.500. The number of phenolic OH excluding ortho intramolecular Hbond substituents is 1. The smallest absolute Gasteiger partial charge is 0.257 e. The van der Waals surface area contributed by atoms with Crippen molar-refractivity contribution in [1.29, 1.82) is 0 Å². The number of aliphatic hydroxyl groups excluding tert-OH is 1. The molecule has 1 aliphatic heterocycles. The number of hydrogen-bond acceptors (Lipinski definition) is 4. The van der Waals surface area contributed by atoms with E-state index in [9.17, 15) is 15.0 Å². The van der Waals surface area contributed by atoms with Crippen molar-refractivity contribution in [3.63, 3.8) is 0 Å². The molecule has 1 fully saturated rings. The zero-order chi connectivity index (χ0) is 14.9. The Morgan fingerprint density at radius 2 is 2.25 bits per heavy atom. The molecule has 1 saturated heterocycles. The van der Waals surface area contributed by atoms with E-state index in [4.69, 9.17) is 4.74 Å². The Balaban J connectivity index is 2.25. The quantitative estimate of drug-likeness (QED) is 0.858. The molecule has 0 bridgehead atoms. The molecule has 6 heteroatoms. The lowest BCUT2D eigenvalue weighted by molar-refractivity contribution is -0.139. The lowest BCUT2D eigenvalue weighted by Crippen LogP contribution is -2.55. The molecule has 1 aromatic rings. The summed E-state index contributed by atoms with van der Waals surface area (Å²) in [6, 6.07) is 4.74. The van der Waals surface area contributed by atoms with Gasteiger partial charge in [-0.05, 0) is 32.0 Å². The molecule has 0 radical (unpaired) electrons. The van der Waals surface area contributed by atoms with Gasteiger partial charge in [0, 0.05) is 17.6 Å². The Hall–Kier alpha value is -1.11. The third-order valence-electron chi connectivity index (χ3n) is 3.16. The Labute approximate surface area is 126 Å². The number of ether oxygens (including phenoxy) is 1. The maximum atomic E-state index is 12.5. The van der Waals surface area contributed by atoms with Crippen LogP contribution in [-0.4, -0.2) is 52.4 Å². The lowest BCUT2D eigenvalue weighted by atomic mass is 10.0. The second-order valence-corrected chi connectivity index (χ2v) is 6.44. The molecule has 1 aliphatic rings. The highest BCUT2D eigenvalue weighted by Crippen LogP contribution is 2.27. The van der Waals surface area contributed by atoms with E-state index in [2.05, 4.69) is 15.9 Å². The van der Waals surface area contributed by atoms with Crippen LogP contribution in [0.3, 0.4) is 0 Å². The minimum absolute atomic E-state index is 0.0527. The number of nitrogens with zero attached hydrogens (tertiary/aromatic N) is 1. The van der Waals surface area contributed by atoms with E-state index in [1.54, 1.807) is 17.0 Å². The highest BCUT2D eigenvalue weighted by atomic mass is 79.9. The van der Waals surface area contributed by atoms with Crippen LogP contribution in [0.4, 0.5) is 0 Å². The van der Waals surface area contributed by atoms with Gasteiger partial charge in [0.1, 0.15) is 5.75 Å². The molecule has 2 rings (SSSR count). The Morgan fingerprint density at radius 1 is 1.55 bits per heavy atom. The topological polar surface area (TPSA) is 70.0 Å². The molecule has 1 aromatic carbocycles. The van der Waals surface area contributed by atoms with Crippen LogP contribution < -0.4 is 0 Å². The second-order valence-electron chi connectivity index (χ2n) is 5.53. The summed E-state index contributed by atoms with van der Waals surface area (Å²) >= 11 is 3.29. The molecule has 20 heavy (non-hydrogen) atoms. The van der Waals surface area contributed by atoms with Crippen molar-refractivity contribution in [3.05, 3.63) is 28.2 Å². The van der Waals surface area contributed by atoms with Gasteiger partial charge in [-0.1, -0.05) is 15.9 Å². The van der Waals surface area contributed by atoms with Crippen LogP contribution in [0.5, 0.6) is 5.75 Å². The molecular formula is C14H18BrNO4. The molecule has 0 spiro atoms. The Morgan fingerprint density at radius 3 is 2.90 bits per heavy atom. The molecule has 110 valence electrons. The van der Waals surface area contributed by atoms with E-state index in [1.807, 2.05) is 13.8 Å². The van der Waals surface area contributed by atoms with E-state index in [1.165, 1.54) is 6.07 Å². The summed E-state index contributed by atoms with van der Waals surface area (Å²) < 4.78 is 6.40. The van der Waals surface area contributed by atoms with Gasteiger partial charge in [0.2, 0.25) is 0 Å². The highest BCUT2D eigenvalue weighted by molar-refractivity contribution is 9.10. The molecule has 2 N–H and O–H groups in total. The fourth-order valence-corrected chi connectivity index (χ4v) is 2.76. The summed E-state index contributed by atoms with van der Waals surface area (Å²) in [5.41, 5.74) is -0.281. The molecule has 0 aromatic heterocycles. The first-order valence-corrected chi connectivity index (χ1v) is 7.18. The summed E-state index contributed by atoms with van der Waals surface area (Å²) in [7, 11) is 0. The number of aliphatic hydroxyl groups is 1. The van der Waals surface area contributed by atoms with Gasteiger partial charge in [0.05, 0.1) is 23.9 Å². The number of halogens is 1. The maximum absolute atomic E-state index is 12.5. The second kappa shape index (κ2) is 5.71. The number of benzene rings is 1. The maximum Gasteiger partial charge on any atom is 0.257 e. The minimum Gasteiger partial charge on any atom is -0.507 e. The van der Waals surface area contributed by atoms with Crippen LogP contribution in [0, 0.1) is 0 Å². The largest absolute Gasteiger partial charge is 0.507 e. The number of carbonyl (C=O) groups is 1. The van der Waals surface area contributed by atoms with Crippen molar-refractivity contribution in [2.75, 3.05) is 19.7 Å². The molecule has 1 atom stereocenters. The number of aromatic hydroxyl groups is 1. The minimum atomic E-state index is -0.525. The van der Waals surface area contributed by atoms with Gasteiger partial charge in [-0.2, -0.15) is 0 Å². The summed E-state index contributed by atoms with van der Waals surface area (Å²) in [5.74, 6) is -0.318. The monoisotopic (exact) mass is 343 g/mol. The van der Waals surface area contributed by atoms with Crippen molar-refractivity contribution < 1.29 is 19.7 Å². The zero-order valence-corrected chi connectivity index (χ0v) is 13.1. The number of rotatable bonds is 2. The first kappa shape index (κ1) is 15.3. The van der Waals surface area contributed by atoms with Crippen molar-refractivity contribution in [2.45, 2.75) is 25.6 Å². The normalized spacial score (nSPS) is 21.8. The van der Waals surface area contributed by atoms with E-state index in [-0.39, 0.29) is 23.8 Å². The summed E-state index contributed by atoms with van der Waals surface area (Å²) in [5, 5.41) is 19.1. The van der Waals surface area contributed by atoms with E-state index in [0.717, 1.165) is 4.47 Å². The molecule has 1 heterocycles. The molecular weight excluding hydrogens is 326 g/mol. The van der Waals surface area contributed by atoms with Gasteiger partial charge in [0.15, 0.2) is 0 Å². The number of phenols is 1. The predicted molar refractivity (Wildman–Crippen MR) is 77.7 cm³/mol. The van der Waals surface area contributed by atoms with Crippen molar-refractivity contribution in [1.82, 2.24) is 4.90 Å². The van der Waals surface area contributed by atoms with Gasteiger partial charge >= 0.3 is 0 Å². The Bertz CT molecular complexity index is 518. The van der Waals surface area contributed by atoms with Crippen LogP contribution in [0.2, 0.25) is 0 Å². The summed E-state index contributed by atoms with van der Waals surface area (Å²) in [6.45, 7) is 4.32. The molecule has 0 aliphatic carbocycles. The summed E-state index contributed by atoms with van der Waals surface area (Å²) in [4.78, 5) is 14.1. The van der Waals surface area contributed by atoms with E-state index < -0.39 is 11.7 Å². The van der Waals surface area contributed by atoms with Gasteiger partial charge in [-0.3, -0.25) is 4.79 Å². The first-order valence-electron chi connectivity index (χ1n) is 6.39. The van der Waals surface area contributed by atoms with E-state index >= 15 is 0 Å². The van der Waals surface area contributed by atoms with Crippen molar-refractivity contribution in [3.8, 4) is 5.75 Å². The molecule has 1 amide bonds. The Kier molecular flexibility index (Phi) is 4.36. The van der Waals surface area contributed by atoms with Crippen LogP contribution in [0.1, 0.15) is 24.2 Å². The average molecular weight is 344 g/mol. The predicted octanol–water partition coefficient (Wildman–Crippen LogP) is 1.77. The number of hydrogen-bond donors (Lipinski definition) is 2. The number of amides is 1. The van der Waals surface area contributed by atoms with Crippen LogP contribution in [0.15, 0.2) is 22.7 Å². The molecule has 1 unspecified atom stereocenters. The summed E-state index contributed by atoms with van der Waals surface area (Å²) in [6.07, 6.45) is -0.406. The van der Waals surface area contributed by atoms with Crippen molar-refractivity contribution >= 4 is 21.8 Å². The standard InChI is InChI=1S/C14H18BrNO4/c1-14(2)8-16(6-10(7-17)20-14)13(19)11-5-9(15)3-4-12(11)18/h3-5,10,17-18H,6-8H2,1-2H3.